The van der Waals surface area contributed by atoms with Crippen LogP contribution in [-0.2, 0) is 9.53 Å². The van der Waals surface area contributed by atoms with Crippen molar-refractivity contribution in [3.8, 4) is 0 Å². The molecule has 0 saturated carbocycles. The van der Waals surface area contributed by atoms with Crippen molar-refractivity contribution in [3.05, 3.63) is 0 Å². The van der Waals surface area contributed by atoms with E-state index in [1.165, 1.54) is 77.0 Å². The van der Waals surface area contributed by atoms with Crippen molar-refractivity contribution < 1.29 is 9.53 Å². The number of esters is 1. The van der Waals surface area contributed by atoms with E-state index in [0.29, 0.717) is 6.61 Å². The summed E-state index contributed by atoms with van der Waals surface area (Å²) in [5.41, 5.74) is 0. The molecule has 0 aliphatic carbocycles. The van der Waals surface area contributed by atoms with Gasteiger partial charge in [-0.15, -0.1) is 0 Å². The van der Waals surface area contributed by atoms with Gasteiger partial charge in [0.2, 0.25) is 4.84 Å². The summed E-state index contributed by atoms with van der Waals surface area (Å²) in [5.74, 6) is -0.530. The fourth-order valence-electron chi connectivity index (χ4n) is 2.53. The summed E-state index contributed by atoms with van der Waals surface area (Å²) >= 11 is 10.8. The average Bonchev–Trinajstić information content (AvgIpc) is 2.50. The van der Waals surface area contributed by atoms with Crippen LogP contribution in [0.25, 0.3) is 0 Å². The molecule has 0 fully saturated rings. The van der Waals surface area contributed by atoms with Crippen LogP contribution in [-0.4, -0.2) is 17.4 Å². The lowest BCUT2D eigenvalue weighted by Crippen LogP contribution is -2.12. The maximum Gasteiger partial charge on any atom is 0.339 e. The Morgan fingerprint density at radius 2 is 1.09 bits per heavy atom. The van der Waals surface area contributed by atoms with Crippen LogP contribution in [0.3, 0.4) is 0 Å². The highest BCUT2D eigenvalue weighted by Gasteiger charge is 2.11. The summed E-state index contributed by atoms with van der Waals surface area (Å²) in [6, 6.07) is 0. The van der Waals surface area contributed by atoms with E-state index in [-0.39, 0.29) is 0 Å². The van der Waals surface area contributed by atoms with Gasteiger partial charge in [-0.25, -0.2) is 4.79 Å². The van der Waals surface area contributed by atoms with Gasteiger partial charge in [-0.3, -0.25) is 0 Å². The third-order valence-electron chi connectivity index (χ3n) is 3.92. The molecule has 0 aromatic rings. The molecule has 0 spiro atoms. The van der Waals surface area contributed by atoms with E-state index in [0.717, 1.165) is 12.8 Å². The maximum absolute atomic E-state index is 11.0. The van der Waals surface area contributed by atoms with Crippen LogP contribution >= 0.6 is 23.2 Å². The number of alkyl halides is 2. The monoisotopic (exact) mass is 352 g/mol. The van der Waals surface area contributed by atoms with Crippen LogP contribution in [0.5, 0.6) is 0 Å². The van der Waals surface area contributed by atoms with Gasteiger partial charge in [-0.2, -0.15) is 0 Å². The fourth-order valence-corrected chi connectivity index (χ4v) is 2.66. The van der Waals surface area contributed by atoms with Gasteiger partial charge < -0.3 is 4.74 Å². The number of rotatable bonds is 16. The lowest BCUT2D eigenvalue weighted by atomic mass is 10.0. The molecule has 22 heavy (non-hydrogen) atoms. The first kappa shape index (κ1) is 22.1. The van der Waals surface area contributed by atoms with Crippen LogP contribution in [0.4, 0.5) is 0 Å². The zero-order chi connectivity index (χ0) is 16.5. The van der Waals surface area contributed by atoms with E-state index in [2.05, 4.69) is 6.92 Å². The smallest absolute Gasteiger partial charge is 0.339 e. The summed E-state index contributed by atoms with van der Waals surface area (Å²) in [4.78, 5) is 9.94. The zero-order valence-corrected chi connectivity index (χ0v) is 15.8. The molecule has 0 aromatic carbocycles. The second kappa shape index (κ2) is 17.4. The summed E-state index contributed by atoms with van der Waals surface area (Å²) in [5, 5.41) is 0. The van der Waals surface area contributed by atoms with Crippen LogP contribution in [0.15, 0.2) is 0 Å². The normalized spacial score (nSPS) is 11.1. The van der Waals surface area contributed by atoms with Crippen molar-refractivity contribution in [1.82, 2.24) is 0 Å². The van der Waals surface area contributed by atoms with E-state index < -0.39 is 10.8 Å². The highest BCUT2D eigenvalue weighted by Crippen LogP contribution is 2.13. The molecule has 132 valence electrons. The standard InChI is InChI=1S/C18H34Cl2O2/c1-2-3-4-5-6-7-8-9-10-11-12-13-14-15-16-22-18(21)17(19)20/h17H,2-16H2,1H3. The average molecular weight is 353 g/mol. The number of hydrogen-bond donors (Lipinski definition) is 0. The van der Waals surface area contributed by atoms with Crippen molar-refractivity contribution >= 4 is 29.2 Å². The summed E-state index contributed by atoms with van der Waals surface area (Å²) in [6.45, 7) is 2.70. The minimum atomic E-state index is -1.05. The molecular formula is C18H34Cl2O2. The van der Waals surface area contributed by atoms with E-state index in [9.17, 15) is 4.79 Å². The van der Waals surface area contributed by atoms with Crippen LogP contribution in [0, 0.1) is 0 Å². The topological polar surface area (TPSA) is 26.3 Å². The molecule has 0 amide bonds. The van der Waals surface area contributed by atoms with Gasteiger partial charge in [0.05, 0.1) is 6.61 Å². The van der Waals surface area contributed by atoms with Gasteiger partial charge in [0, 0.05) is 0 Å². The Hall–Kier alpha value is 0.0500. The lowest BCUT2D eigenvalue weighted by Gasteiger charge is -2.05. The summed E-state index contributed by atoms with van der Waals surface area (Å²) in [6.07, 6.45) is 18.4. The summed E-state index contributed by atoms with van der Waals surface area (Å²) in [7, 11) is 0. The highest BCUT2D eigenvalue weighted by molar-refractivity contribution is 6.52. The van der Waals surface area contributed by atoms with Crippen LogP contribution in [0.1, 0.15) is 96.8 Å². The van der Waals surface area contributed by atoms with Crippen LogP contribution < -0.4 is 0 Å². The van der Waals surface area contributed by atoms with Crippen molar-refractivity contribution in [3.63, 3.8) is 0 Å². The molecule has 0 heterocycles. The van der Waals surface area contributed by atoms with E-state index in [1.54, 1.807) is 0 Å². The van der Waals surface area contributed by atoms with Gasteiger partial charge in [0.1, 0.15) is 0 Å². The van der Waals surface area contributed by atoms with Gasteiger partial charge in [0.15, 0.2) is 0 Å². The number of carbonyl (C=O) groups excluding carboxylic acids is 1. The van der Waals surface area contributed by atoms with Gasteiger partial charge >= 0.3 is 5.97 Å². The first-order valence-electron chi connectivity index (χ1n) is 9.13. The predicted octanol–water partition coefficient (Wildman–Crippen LogP) is 6.81. The molecule has 0 unspecified atom stereocenters. The van der Waals surface area contributed by atoms with Crippen molar-refractivity contribution in [2.45, 2.75) is 102 Å². The molecule has 2 nitrogen and oxygen atoms in total. The quantitative estimate of drug-likeness (QED) is 0.173. The second-order valence-corrected chi connectivity index (χ2v) is 7.16. The first-order chi connectivity index (χ1) is 10.7. The van der Waals surface area contributed by atoms with E-state index >= 15 is 0 Å². The van der Waals surface area contributed by atoms with Gasteiger partial charge in [-0.1, -0.05) is 114 Å². The van der Waals surface area contributed by atoms with Gasteiger partial charge in [-0.05, 0) is 6.42 Å². The van der Waals surface area contributed by atoms with E-state index in [4.69, 9.17) is 27.9 Å². The molecule has 0 atom stereocenters. The Kier molecular flexibility index (Phi) is 17.4. The molecular weight excluding hydrogens is 319 g/mol. The van der Waals surface area contributed by atoms with E-state index in [1.807, 2.05) is 0 Å². The third kappa shape index (κ3) is 16.4. The molecule has 0 N–H and O–H groups in total. The molecule has 0 aliphatic rings. The van der Waals surface area contributed by atoms with Crippen molar-refractivity contribution in [2.75, 3.05) is 6.61 Å². The Bertz CT molecular complexity index is 245. The minimum absolute atomic E-state index is 0.437. The zero-order valence-electron chi connectivity index (χ0n) is 14.3. The third-order valence-corrected chi connectivity index (χ3v) is 4.28. The molecule has 0 rings (SSSR count). The number of unbranched alkanes of at least 4 members (excludes halogenated alkanes) is 13. The fraction of sp³-hybridized carbons (Fsp3) is 0.944. The SMILES string of the molecule is CCCCCCCCCCCCCCCCOC(=O)C(Cl)Cl. The minimum Gasteiger partial charge on any atom is -0.464 e. The van der Waals surface area contributed by atoms with Crippen LogP contribution in [0.2, 0.25) is 0 Å². The first-order valence-corrected chi connectivity index (χ1v) is 10.0. The molecule has 0 radical (unpaired) electrons. The lowest BCUT2D eigenvalue weighted by molar-refractivity contribution is -0.141. The largest absolute Gasteiger partial charge is 0.464 e. The molecule has 0 bridgehead atoms. The Morgan fingerprint density at radius 1 is 0.727 bits per heavy atom. The Morgan fingerprint density at radius 3 is 1.45 bits per heavy atom. The van der Waals surface area contributed by atoms with Gasteiger partial charge in [0.25, 0.3) is 0 Å². The Balaban J connectivity index is 3.04. The number of hydrogen-bond acceptors (Lipinski definition) is 2. The molecule has 0 aliphatic heterocycles. The highest BCUT2D eigenvalue weighted by atomic mass is 35.5. The molecule has 0 saturated heterocycles. The summed E-state index contributed by atoms with van der Waals surface area (Å²) < 4.78 is 4.91. The van der Waals surface area contributed by atoms with Crippen molar-refractivity contribution in [1.29, 1.82) is 0 Å². The Labute approximate surface area is 147 Å². The molecule has 4 heteroatoms. The molecule has 0 aromatic heterocycles. The number of halogens is 2. The van der Waals surface area contributed by atoms with Crippen molar-refractivity contribution in [2.24, 2.45) is 0 Å². The number of ether oxygens (including phenoxy) is 1. The predicted molar refractivity (Wildman–Crippen MR) is 96.8 cm³/mol. The number of carbonyl (C=O) groups is 1. The maximum atomic E-state index is 11.0. The second-order valence-electron chi connectivity index (χ2n) is 6.06.